The molecule has 0 aliphatic carbocycles. The van der Waals surface area contributed by atoms with Crippen LogP contribution < -0.4 is 0 Å². The van der Waals surface area contributed by atoms with E-state index in [-0.39, 0.29) is 42.9 Å². The summed E-state index contributed by atoms with van der Waals surface area (Å²) in [6.45, 7) is -1.36. The van der Waals surface area contributed by atoms with E-state index in [1.54, 1.807) is 0 Å². The number of thiol groups is 3. The smallest absolute Gasteiger partial charge is 0.0633 e. The van der Waals surface area contributed by atoms with Gasteiger partial charge in [-0.05, 0) is 31.1 Å². The van der Waals surface area contributed by atoms with Gasteiger partial charge in [0.05, 0.1) is 38.1 Å². The predicted octanol–water partition coefficient (Wildman–Crippen LogP) is -0.631. The first kappa shape index (κ1) is 24.8. The molecule has 0 aromatic carbocycles. The largest absolute Gasteiger partial charge is 0.396 e. The summed E-state index contributed by atoms with van der Waals surface area (Å²) < 4.78 is 0. The van der Waals surface area contributed by atoms with Crippen molar-refractivity contribution in [3.8, 4) is 0 Å². The summed E-state index contributed by atoms with van der Waals surface area (Å²) in [4.78, 5) is 0. The highest BCUT2D eigenvalue weighted by molar-refractivity contribution is 7.80. The molecule has 0 rings (SSSR count). The molecule has 3 atom stereocenters. The summed E-state index contributed by atoms with van der Waals surface area (Å²) in [7, 11) is 0. The Kier molecular flexibility index (Phi) is 12.7. The van der Waals surface area contributed by atoms with Gasteiger partial charge < -0.3 is 30.6 Å². The topological polar surface area (TPSA) is 121 Å². The standard InChI is InChI=1S/C15H32O6S3/c16-8-15(9-17,10-18)7-14(1-11(19)4-22,2-12(20)5-23)3-13(21)6-24/h11-13,16-24H,1-10H2. The number of hydrogen-bond donors (Lipinski definition) is 9. The van der Waals surface area contributed by atoms with E-state index >= 15 is 0 Å². The molecule has 0 aliphatic rings. The second-order valence-corrected chi connectivity index (χ2v) is 7.87. The molecule has 0 spiro atoms. The van der Waals surface area contributed by atoms with Crippen molar-refractivity contribution in [1.82, 2.24) is 0 Å². The van der Waals surface area contributed by atoms with Crippen LogP contribution in [0.15, 0.2) is 0 Å². The molecule has 0 aromatic heterocycles. The average Bonchev–Trinajstić information content (AvgIpc) is 2.59. The van der Waals surface area contributed by atoms with Crippen LogP contribution in [0, 0.1) is 10.8 Å². The van der Waals surface area contributed by atoms with E-state index in [1.807, 2.05) is 0 Å². The monoisotopic (exact) mass is 404 g/mol. The third-order valence-electron chi connectivity index (χ3n) is 4.39. The Morgan fingerprint density at radius 2 is 0.875 bits per heavy atom. The Balaban J connectivity index is 5.73. The van der Waals surface area contributed by atoms with E-state index in [0.717, 1.165) is 0 Å². The molecule has 3 unspecified atom stereocenters. The van der Waals surface area contributed by atoms with Crippen molar-refractivity contribution >= 4 is 37.9 Å². The average molecular weight is 405 g/mol. The van der Waals surface area contributed by atoms with Crippen LogP contribution in [0.2, 0.25) is 0 Å². The van der Waals surface area contributed by atoms with Gasteiger partial charge in [0.1, 0.15) is 0 Å². The van der Waals surface area contributed by atoms with Crippen LogP contribution in [0.4, 0.5) is 0 Å². The van der Waals surface area contributed by atoms with Crippen LogP contribution >= 0.6 is 37.9 Å². The second-order valence-electron chi connectivity index (χ2n) is 6.77. The maximum Gasteiger partial charge on any atom is 0.0633 e. The minimum Gasteiger partial charge on any atom is -0.396 e. The molecular weight excluding hydrogens is 372 g/mol. The summed E-state index contributed by atoms with van der Waals surface area (Å²) in [5.74, 6) is 0.584. The first-order chi connectivity index (χ1) is 11.3. The normalized spacial score (nSPS) is 18.9. The van der Waals surface area contributed by atoms with E-state index in [0.29, 0.717) is 0 Å². The van der Waals surface area contributed by atoms with Gasteiger partial charge in [-0.1, -0.05) is 0 Å². The zero-order valence-corrected chi connectivity index (χ0v) is 16.5. The Morgan fingerprint density at radius 3 is 1.08 bits per heavy atom. The van der Waals surface area contributed by atoms with E-state index in [4.69, 9.17) is 0 Å². The highest BCUT2D eigenvalue weighted by atomic mass is 32.1. The first-order valence-corrected chi connectivity index (χ1v) is 9.85. The van der Waals surface area contributed by atoms with Gasteiger partial charge >= 0.3 is 0 Å². The second kappa shape index (κ2) is 12.2. The number of rotatable bonds is 14. The van der Waals surface area contributed by atoms with E-state index < -0.39 is 49.0 Å². The fourth-order valence-electron chi connectivity index (χ4n) is 3.27. The molecule has 0 aliphatic heterocycles. The lowest BCUT2D eigenvalue weighted by Crippen LogP contribution is -2.45. The predicted molar refractivity (Wildman–Crippen MR) is 104 cm³/mol. The van der Waals surface area contributed by atoms with E-state index in [1.165, 1.54) is 0 Å². The van der Waals surface area contributed by atoms with Gasteiger partial charge in [0.2, 0.25) is 0 Å². The Morgan fingerprint density at radius 1 is 0.583 bits per heavy atom. The van der Waals surface area contributed by atoms with Gasteiger partial charge in [0.15, 0.2) is 0 Å². The lowest BCUT2D eigenvalue weighted by atomic mass is 9.64. The summed E-state index contributed by atoms with van der Waals surface area (Å²) in [6, 6.07) is 0. The van der Waals surface area contributed by atoms with Gasteiger partial charge in [0, 0.05) is 22.7 Å². The molecule has 6 nitrogen and oxygen atoms in total. The lowest BCUT2D eigenvalue weighted by molar-refractivity contribution is -0.0651. The van der Waals surface area contributed by atoms with Crippen molar-refractivity contribution in [2.45, 2.75) is 44.0 Å². The molecule has 24 heavy (non-hydrogen) atoms. The van der Waals surface area contributed by atoms with Gasteiger partial charge in [-0.15, -0.1) is 0 Å². The molecule has 0 radical (unpaired) electrons. The van der Waals surface area contributed by atoms with Crippen molar-refractivity contribution in [2.24, 2.45) is 10.8 Å². The van der Waals surface area contributed by atoms with Crippen molar-refractivity contribution in [3.63, 3.8) is 0 Å². The SMILES string of the molecule is OCC(CO)(CO)CC(CC(O)CS)(CC(O)CS)CC(O)CS. The number of hydrogen-bond acceptors (Lipinski definition) is 9. The van der Waals surface area contributed by atoms with Crippen LogP contribution in [-0.2, 0) is 0 Å². The van der Waals surface area contributed by atoms with Crippen LogP contribution in [0.1, 0.15) is 25.7 Å². The summed E-state index contributed by atoms with van der Waals surface area (Å²) in [6.07, 6.45) is -1.64. The summed E-state index contributed by atoms with van der Waals surface area (Å²) in [5, 5.41) is 59.3. The van der Waals surface area contributed by atoms with Crippen molar-refractivity contribution < 1.29 is 30.6 Å². The molecule has 9 heteroatoms. The highest BCUT2D eigenvalue weighted by Crippen LogP contribution is 2.45. The zero-order valence-electron chi connectivity index (χ0n) is 13.8. The van der Waals surface area contributed by atoms with Gasteiger partial charge in [-0.25, -0.2) is 0 Å². The molecule has 6 N–H and O–H groups in total. The van der Waals surface area contributed by atoms with Crippen LogP contribution in [0.25, 0.3) is 0 Å². The van der Waals surface area contributed by atoms with Crippen LogP contribution in [0.5, 0.6) is 0 Å². The van der Waals surface area contributed by atoms with E-state index in [2.05, 4.69) is 37.9 Å². The molecular formula is C15H32O6S3. The molecule has 0 amide bonds. The Hall–Kier alpha value is 0.810. The van der Waals surface area contributed by atoms with E-state index in [9.17, 15) is 30.6 Å². The molecule has 0 fully saturated rings. The Bertz CT molecular complexity index is 291. The molecule has 146 valence electrons. The number of aliphatic hydroxyl groups excluding tert-OH is 6. The third-order valence-corrected chi connectivity index (χ3v) is 5.66. The summed E-state index contributed by atoms with van der Waals surface area (Å²) >= 11 is 12.2. The molecule has 0 bridgehead atoms. The lowest BCUT2D eigenvalue weighted by Gasteiger charge is -2.44. The minimum atomic E-state index is -1.18. The third kappa shape index (κ3) is 8.01. The van der Waals surface area contributed by atoms with Crippen molar-refractivity contribution in [1.29, 1.82) is 0 Å². The van der Waals surface area contributed by atoms with Crippen molar-refractivity contribution in [2.75, 3.05) is 37.1 Å². The number of aliphatic hydroxyl groups is 6. The zero-order chi connectivity index (χ0) is 18.8. The molecule has 0 heterocycles. The van der Waals surface area contributed by atoms with Gasteiger partial charge in [-0.2, -0.15) is 37.9 Å². The van der Waals surface area contributed by atoms with Gasteiger partial charge in [-0.3, -0.25) is 0 Å². The molecule has 0 saturated carbocycles. The quantitative estimate of drug-likeness (QED) is 0.178. The molecule has 0 saturated heterocycles. The van der Waals surface area contributed by atoms with Gasteiger partial charge in [0.25, 0.3) is 0 Å². The molecule has 0 aromatic rings. The fraction of sp³-hybridized carbons (Fsp3) is 1.00. The van der Waals surface area contributed by atoms with Crippen LogP contribution in [0.3, 0.4) is 0 Å². The fourth-order valence-corrected chi connectivity index (χ4v) is 3.66. The highest BCUT2D eigenvalue weighted by Gasteiger charge is 2.43. The minimum absolute atomic E-state index is 0.129. The summed E-state index contributed by atoms with van der Waals surface area (Å²) in [5.41, 5.74) is -2.00. The first-order valence-electron chi connectivity index (χ1n) is 7.95. The van der Waals surface area contributed by atoms with Crippen LogP contribution in [-0.4, -0.2) is 86.0 Å². The van der Waals surface area contributed by atoms with Crippen molar-refractivity contribution in [3.05, 3.63) is 0 Å². The maximum atomic E-state index is 10.1. The maximum absolute atomic E-state index is 10.1. The Labute approximate surface area is 160 Å².